The third kappa shape index (κ3) is 8.16. The minimum absolute atomic E-state index is 0.137. The fourth-order valence-electron chi connectivity index (χ4n) is 3.67. The van der Waals surface area contributed by atoms with Crippen molar-refractivity contribution in [2.45, 2.75) is 97.9 Å². The van der Waals surface area contributed by atoms with Crippen LogP contribution in [0.1, 0.15) is 40.5 Å². The van der Waals surface area contributed by atoms with Crippen LogP contribution in [0.4, 0.5) is 114 Å². The Hall–Kier alpha value is -3.73. The van der Waals surface area contributed by atoms with Gasteiger partial charge in [0, 0.05) is 0 Å². The number of hydrogen-bond acceptors (Lipinski definition) is 4. The van der Waals surface area contributed by atoms with Crippen molar-refractivity contribution in [1.29, 1.82) is 0 Å². The lowest BCUT2D eigenvalue weighted by molar-refractivity contribution is -0.693. The van der Waals surface area contributed by atoms with E-state index in [0.717, 1.165) is 6.92 Å². The summed E-state index contributed by atoms with van der Waals surface area (Å²) in [5.41, 5.74) is -2.36. The summed E-state index contributed by atoms with van der Waals surface area (Å²) >= 11 is 0. The van der Waals surface area contributed by atoms with Gasteiger partial charge in [-0.15, -0.1) is 0 Å². The highest BCUT2D eigenvalue weighted by atomic mass is 19.4. The fourth-order valence-corrected chi connectivity index (χ4v) is 3.67. The quantitative estimate of drug-likeness (QED) is 0.0889. The van der Waals surface area contributed by atoms with E-state index in [2.05, 4.69) is 9.47 Å². The number of carbonyl (C=O) groups excluding carboxylic acids is 2. The second kappa shape index (κ2) is 14.9. The summed E-state index contributed by atoms with van der Waals surface area (Å²) in [6.45, 7) is -3.91. The van der Waals surface area contributed by atoms with E-state index in [-0.39, 0.29) is 6.07 Å². The number of halogens is 26. The average Bonchev–Trinajstić information content (AvgIpc) is 3.02. The highest BCUT2D eigenvalue weighted by Crippen LogP contribution is 2.62. The molecule has 0 bridgehead atoms. The van der Waals surface area contributed by atoms with Gasteiger partial charge in [-0.2, -0.15) is 114 Å². The Morgan fingerprint density at radius 1 is 0.446 bits per heavy atom. The van der Waals surface area contributed by atoms with Gasteiger partial charge >= 0.3 is 83.5 Å². The molecule has 0 aliphatic carbocycles. The molecule has 0 unspecified atom stereocenters. The van der Waals surface area contributed by atoms with Crippen molar-refractivity contribution in [3.05, 3.63) is 29.6 Å². The van der Waals surface area contributed by atoms with Gasteiger partial charge < -0.3 is 9.47 Å². The molecule has 0 N–H and O–H groups in total. The fraction of sp³-hybridized carbons (Fsp3) is 0.720. The predicted molar refractivity (Wildman–Crippen MR) is 124 cm³/mol. The Kier molecular flexibility index (Phi) is 13.4. The normalized spacial score (nSPS) is 15.2. The molecule has 56 heavy (non-hydrogen) atoms. The van der Waals surface area contributed by atoms with Crippen LogP contribution in [0.25, 0.3) is 0 Å². The summed E-state index contributed by atoms with van der Waals surface area (Å²) < 4.78 is 352. The van der Waals surface area contributed by atoms with E-state index in [4.69, 9.17) is 0 Å². The first-order valence-corrected chi connectivity index (χ1v) is 13.7. The first-order chi connectivity index (χ1) is 24.4. The zero-order valence-corrected chi connectivity index (χ0v) is 26.2. The summed E-state index contributed by atoms with van der Waals surface area (Å²) in [6.07, 6.45) is -20.5. The lowest BCUT2D eigenvalue weighted by atomic mass is 9.93. The number of pyridine rings is 1. The number of rotatable bonds is 17. The number of alkyl halides is 26. The van der Waals surface area contributed by atoms with Crippen molar-refractivity contribution in [1.82, 2.24) is 0 Å². The molecule has 1 aromatic heterocycles. The van der Waals surface area contributed by atoms with Crippen LogP contribution in [-0.2, 0) is 16.0 Å². The molecule has 326 valence electrons. The van der Waals surface area contributed by atoms with Gasteiger partial charge in [-0.05, 0) is 13.0 Å². The van der Waals surface area contributed by atoms with Gasteiger partial charge in [-0.3, -0.25) is 0 Å². The molecule has 0 fully saturated rings. The van der Waals surface area contributed by atoms with Crippen LogP contribution in [-0.4, -0.2) is 96.7 Å². The van der Waals surface area contributed by atoms with E-state index in [1.807, 2.05) is 0 Å². The molecular formula is C25H16F26NO4+. The number of esters is 2. The largest absolute Gasteiger partial charge is 0.462 e. The summed E-state index contributed by atoms with van der Waals surface area (Å²) in [7, 11) is 0. The van der Waals surface area contributed by atoms with E-state index in [9.17, 15) is 124 Å². The van der Waals surface area contributed by atoms with Gasteiger partial charge in [-0.1, -0.05) is 0 Å². The van der Waals surface area contributed by atoms with Crippen molar-refractivity contribution in [3.8, 4) is 0 Å². The van der Waals surface area contributed by atoms with Crippen molar-refractivity contribution in [2.75, 3.05) is 13.2 Å². The van der Waals surface area contributed by atoms with Crippen molar-refractivity contribution in [3.63, 3.8) is 0 Å². The van der Waals surface area contributed by atoms with Gasteiger partial charge in [0.2, 0.25) is 0 Å². The molecule has 0 aliphatic rings. The molecule has 0 radical (unpaired) electrons. The standard InChI is InChI=1S/C25H16F26NO4/c1-2-52-8-10(12(53)55-5-3-14(26,27)16(30,31)18(34,35)20(38,39)22(42,43)24(46,47)48)7-11(9-52)13(54)56-6-4-15(28,29)17(32,33)19(36,37)21(40,41)23(44,45)25(49,50)51/h7-9H,2-6H2,1H3/q+1. The van der Waals surface area contributed by atoms with E-state index in [1.165, 1.54) is 0 Å². The van der Waals surface area contributed by atoms with Gasteiger partial charge in [0.1, 0.15) is 17.7 Å². The number of ether oxygens (including phenoxy) is 2. The van der Waals surface area contributed by atoms with E-state index < -0.39 is 127 Å². The summed E-state index contributed by atoms with van der Waals surface area (Å²) in [5, 5.41) is 0. The van der Waals surface area contributed by atoms with Gasteiger partial charge in [0.15, 0.2) is 12.4 Å². The Morgan fingerprint density at radius 3 is 0.929 bits per heavy atom. The van der Waals surface area contributed by atoms with Crippen molar-refractivity contribution in [2.24, 2.45) is 0 Å². The van der Waals surface area contributed by atoms with E-state index in [1.54, 1.807) is 0 Å². The topological polar surface area (TPSA) is 56.5 Å². The molecule has 0 aromatic carbocycles. The van der Waals surface area contributed by atoms with Gasteiger partial charge in [-0.25, -0.2) is 14.2 Å². The van der Waals surface area contributed by atoms with Crippen molar-refractivity contribution < 1.29 is 138 Å². The number of carbonyl (C=O) groups is 2. The first kappa shape index (κ1) is 50.3. The molecule has 1 heterocycles. The van der Waals surface area contributed by atoms with Crippen LogP contribution in [0.3, 0.4) is 0 Å². The summed E-state index contributed by atoms with van der Waals surface area (Å²) in [4.78, 5) is 24.5. The van der Waals surface area contributed by atoms with Crippen LogP contribution >= 0.6 is 0 Å². The lowest BCUT2D eigenvalue weighted by Crippen LogP contribution is -2.70. The SMILES string of the molecule is CC[n+]1cc(C(=O)OCCC(F)(F)C(F)(F)C(F)(F)C(F)(F)C(F)(F)C(F)(F)F)cc(C(=O)OCCC(F)(F)C(F)(F)C(F)(F)C(F)(F)C(F)(F)C(F)(F)F)c1. The Bertz CT molecular complexity index is 1470. The van der Waals surface area contributed by atoms with E-state index in [0.29, 0.717) is 17.0 Å². The molecule has 0 spiro atoms. The maximum atomic E-state index is 13.9. The van der Waals surface area contributed by atoms with Gasteiger partial charge in [0.25, 0.3) is 0 Å². The van der Waals surface area contributed by atoms with Crippen LogP contribution in [0.5, 0.6) is 0 Å². The predicted octanol–water partition coefficient (Wildman–Crippen LogP) is 9.57. The second-order valence-corrected chi connectivity index (χ2v) is 10.9. The van der Waals surface area contributed by atoms with Crippen molar-refractivity contribution >= 4 is 11.9 Å². The van der Waals surface area contributed by atoms with Crippen LogP contribution in [0.2, 0.25) is 0 Å². The number of aromatic nitrogens is 1. The molecule has 1 aromatic rings. The third-order valence-electron chi connectivity index (χ3n) is 7.05. The summed E-state index contributed by atoms with van der Waals surface area (Å²) in [6, 6.07) is 0.137. The first-order valence-electron chi connectivity index (χ1n) is 13.7. The number of hydrogen-bond donors (Lipinski definition) is 0. The molecule has 0 saturated heterocycles. The zero-order valence-electron chi connectivity index (χ0n) is 26.2. The molecule has 1 rings (SSSR count). The maximum absolute atomic E-state index is 13.9. The molecule has 5 nitrogen and oxygen atoms in total. The van der Waals surface area contributed by atoms with Crippen LogP contribution in [0, 0.1) is 0 Å². The highest BCUT2D eigenvalue weighted by Gasteiger charge is 2.92. The second-order valence-electron chi connectivity index (χ2n) is 10.9. The molecule has 0 atom stereocenters. The third-order valence-corrected chi connectivity index (χ3v) is 7.05. The number of aryl methyl sites for hydroxylation is 1. The molecule has 31 heteroatoms. The highest BCUT2D eigenvalue weighted by molar-refractivity contribution is 5.94. The Labute approximate surface area is 291 Å². The smallest absolute Gasteiger partial charge is 0.460 e. The molecule has 0 amide bonds. The van der Waals surface area contributed by atoms with Gasteiger partial charge in [0.05, 0.1) is 26.1 Å². The van der Waals surface area contributed by atoms with E-state index >= 15 is 0 Å². The lowest BCUT2D eigenvalue weighted by Gasteiger charge is -2.39. The maximum Gasteiger partial charge on any atom is 0.460 e. The van der Waals surface area contributed by atoms with Crippen LogP contribution in [0.15, 0.2) is 18.5 Å². The molecular weight excluding hydrogens is 872 g/mol. The summed E-state index contributed by atoms with van der Waals surface area (Å²) in [5.74, 6) is -82.1. The monoisotopic (exact) mass is 888 g/mol. The minimum Gasteiger partial charge on any atom is -0.462 e. The average molecular weight is 888 g/mol. The minimum atomic E-state index is -8.24. The van der Waals surface area contributed by atoms with Crippen LogP contribution < -0.4 is 4.57 Å². The molecule has 0 saturated carbocycles. The number of nitrogens with zero attached hydrogens (tertiary/aromatic N) is 1. The Balaban J connectivity index is 3.21. The molecule has 0 aliphatic heterocycles. The Morgan fingerprint density at radius 2 is 0.696 bits per heavy atom. The zero-order chi connectivity index (χ0) is 45.0.